The van der Waals surface area contributed by atoms with Gasteiger partial charge in [0.15, 0.2) is 17.7 Å². The molecule has 0 aliphatic carbocycles. The molecule has 7 nitrogen and oxygen atoms in total. The molecular formula is C13H20O7. The van der Waals surface area contributed by atoms with Gasteiger partial charge in [-0.15, -0.1) is 0 Å². The molecule has 3 N–H and O–H groups in total. The van der Waals surface area contributed by atoms with Gasteiger partial charge in [-0.25, -0.2) is 0 Å². The van der Waals surface area contributed by atoms with E-state index in [0.717, 1.165) is 12.2 Å². The number of rotatable bonds is 8. The molecule has 0 heterocycles. The summed E-state index contributed by atoms with van der Waals surface area (Å²) in [7, 11) is 0. The molecule has 20 heavy (non-hydrogen) atoms. The van der Waals surface area contributed by atoms with Crippen LogP contribution in [0.2, 0.25) is 0 Å². The van der Waals surface area contributed by atoms with E-state index in [2.05, 4.69) is 0 Å². The van der Waals surface area contributed by atoms with Gasteiger partial charge in [0.05, 0.1) is 6.61 Å². The third-order valence-corrected chi connectivity index (χ3v) is 2.02. The van der Waals surface area contributed by atoms with Crippen LogP contribution < -0.4 is 0 Å². The van der Waals surface area contributed by atoms with Crippen molar-refractivity contribution in [2.45, 2.75) is 39.8 Å². The Morgan fingerprint density at radius 1 is 1.05 bits per heavy atom. The minimum Gasteiger partial charge on any atom is -0.433 e. The molecule has 0 aromatic carbocycles. The first-order chi connectivity index (χ1) is 9.10. The SMILES string of the molecule is CC(=O)/C=C(\C)OC(O)(O/C(C)=C/C(C)=O)C(O)CO. The molecule has 114 valence electrons. The van der Waals surface area contributed by atoms with Gasteiger partial charge in [-0.2, -0.15) is 0 Å². The van der Waals surface area contributed by atoms with Gasteiger partial charge in [0.2, 0.25) is 0 Å². The maximum absolute atomic E-state index is 10.9. The van der Waals surface area contributed by atoms with E-state index >= 15 is 0 Å². The van der Waals surface area contributed by atoms with E-state index in [1.165, 1.54) is 27.7 Å². The van der Waals surface area contributed by atoms with Crippen LogP contribution in [0.15, 0.2) is 23.7 Å². The summed E-state index contributed by atoms with van der Waals surface area (Å²) in [6.45, 7) is 4.43. The zero-order valence-electron chi connectivity index (χ0n) is 11.9. The lowest BCUT2D eigenvalue weighted by Crippen LogP contribution is -2.48. The lowest BCUT2D eigenvalue weighted by Gasteiger charge is -2.32. The van der Waals surface area contributed by atoms with Crippen LogP contribution in [0.4, 0.5) is 0 Å². The molecular weight excluding hydrogens is 268 g/mol. The molecule has 0 aromatic rings. The van der Waals surface area contributed by atoms with Crippen molar-refractivity contribution in [2.75, 3.05) is 6.61 Å². The Morgan fingerprint density at radius 2 is 1.40 bits per heavy atom. The average Bonchev–Trinajstić information content (AvgIpc) is 2.24. The minimum atomic E-state index is -2.61. The van der Waals surface area contributed by atoms with Crippen LogP contribution in [0.5, 0.6) is 0 Å². The van der Waals surface area contributed by atoms with Gasteiger partial charge < -0.3 is 24.8 Å². The Labute approximate surface area is 117 Å². The van der Waals surface area contributed by atoms with Gasteiger partial charge in [0.1, 0.15) is 11.5 Å². The molecule has 0 saturated heterocycles. The van der Waals surface area contributed by atoms with E-state index in [4.69, 9.17) is 14.6 Å². The van der Waals surface area contributed by atoms with Gasteiger partial charge >= 0.3 is 5.97 Å². The van der Waals surface area contributed by atoms with Crippen LogP contribution in [-0.4, -0.2) is 45.6 Å². The summed E-state index contributed by atoms with van der Waals surface area (Å²) in [5.41, 5.74) is 0. The predicted octanol–water partition coefficient (Wildman–Crippen LogP) is 0.00450. The van der Waals surface area contributed by atoms with Crippen molar-refractivity contribution in [3.63, 3.8) is 0 Å². The molecule has 7 heteroatoms. The zero-order chi connectivity index (χ0) is 15.9. The number of carbonyl (C=O) groups is 2. The summed E-state index contributed by atoms with van der Waals surface area (Å²) in [4.78, 5) is 21.8. The number of aliphatic hydroxyl groups excluding tert-OH is 2. The topological polar surface area (TPSA) is 113 Å². The van der Waals surface area contributed by atoms with E-state index in [-0.39, 0.29) is 23.1 Å². The fourth-order valence-corrected chi connectivity index (χ4v) is 1.36. The highest BCUT2D eigenvalue weighted by atomic mass is 16.8. The Hall–Kier alpha value is -1.70. The second-order valence-corrected chi connectivity index (χ2v) is 4.26. The highest BCUT2D eigenvalue weighted by Gasteiger charge is 2.41. The van der Waals surface area contributed by atoms with Crippen molar-refractivity contribution in [3.8, 4) is 0 Å². The minimum absolute atomic E-state index is 0.0249. The first-order valence-electron chi connectivity index (χ1n) is 5.87. The Morgan fingerprint density at radius 3 is 1.65 bits per heavy atom. The molecule has 0 aromatic heterocycles. The van der Waals surface area contributed by atoms with Gasteiger partial charge in [0.25, 0.3) is 0 Å². The van der Waals surface area contributed by atoms with Crippen LogP contribution >= 0.6 is 0 Å². The number of hydrogen-bond donors (Lipinski definition) is 3. The molecule has 0 radical (unpaired) electrons. The summed E-state index contributed by atoms with van der Waals surface area (Å²) < 4.78 is 9.93. The third kappa shape index (κ3) is 6.46. The molecule has 0 spiro atoms. The Kier molecular flexibility index (Phi) is 7.12. The third-order valence-electron chi connectivity index (χ3n) is 2.02. The van der Waals surface area contributed by atoms with Crippen molar-refractivity contribution >= 4 is 11.6 Å². The van der Waals surface area contributed by atoms with Crippen molar-refractivity contribution in [2.24, 2.45) is 0 Å². The highest BCUT2D eigenvalue weighted by Crippen LogP contribution is 2.22. The quantitative estimate of drug-likeness (QED) is 0.327. The molecule has 0 bridgehead atoms. The van der Waals surface area contributed by atoms with Crippen LogP contribution in [0.3, 0.4) is 0 Å². The Bertz CT molecular complexity index is 390. The van der Waals surface area contributed by atoms with E-state index in [1.54, 1.807) is 0 Å². The molecule has 0 amide bonds. The van der Waals surface area contributed by atoms with E-state index in [9.17, 15) is 19.8 Å². The smallest absolute Gasteiger partial charge is 0.398 e. The van der Waals surface area contributed by atoms with Crippen molar-refractivity contribution in [1.29, 1.82) is 0 Å². The maximum Gasteiger partial charge on any atom is 0.398 e. The molecule has 1 atom stereocenters. The molecule has 0 aliphatic heterocycles. The van der Waals surface area contributed by atoms with Crippen molar-refractivity contribution in [1.82, 2.24) is 0 Å². The van der Waals surface area contributed by atoms with E-state index < -0.39 is 18.7 Å². The van der Waals surface area contributed by atoms with Crippen LogP contribution in [-0.2, 0) is 19.1 Å². The summed E-state index contributed by atoms with van der Waals surface area (Å²) in [6, 6.07) is 0. The second kappa shape index (κ2) is 7.78. The van der Waals surface area contributed by atoms with Crippen LogP contribution in [0, 0.1) is 0 Å². The normalized spacial score (nSPS) is 17.1. The van der Waals surface area contributed by atoms with E-state index in [0.29, 0.717) is 0 Å². The molecule has 0 fully saturated rings. The fraction of sp³-hybridized carbons (Fsp3) is 0.538. The summed E-state index contributed by atoms with van der Waals surface area (Å²) in [6.07, 6.45) is 0.346. The average molecular weight is 288 g/mol. The van der Waals surface area contributed by atoms with Gasteiger partial charge in [-0.1, -0.05) is 0 Å². The monoisotopic (exact) mass is 288 g/mol. The van der Waals surface area contributed by atoms with Crippen LogP contribution in [0.25, 0.3) is 0 Å². The summed E-state index contributed by atoms with van der Waals surface area (Å²) >= 11 is 0. The lowest BCUT2D eigenvalue weighted by molar-refractivity contribution is -0.370. The maximum atomic E-state index is 10.9. The highest BCUT2D eigenvalue weighted by molar-refractivity contribution is 5.87. The van der Waals surface area contributed by atoms with Gasteiger partial charge in [-0.05, 0) is 27.7 Å². The lowest BCUT2D eigenvalue weighted by atomic mass is 10.3. The molecule has 1 unspecified atom stereocenters. The number of aliphatic hydroxyl groups is 3. The van der Waals surface area contributed by atoms with E-state index in [1.807, 2.05) is 0 Å². The van der Waals surface area contributed by atoms with Gasteiger partial charge in [0, 0.05) is 12.2 Å². The first kappa shape index (κ1) is 18.3. The zero-order valence-corrected chi connectivity index (χ0v) is 11.9. The predicted molar refractivity (Wildman–Crippen MR) is 69.1 cm³/mol. The number of carbonyl (C=O) groups excluding carboxylic acids is 2. The van der Waals surface area contributed by atoms with Crippen molar-refractivity contribution < 1.29 is 34.4 Å². The summed E-state index contributed by atoms with van der Waals surface area (Å²) in [5.74, 6) is -3.33. The Balaban J connectivity index is 5.21. The number of ketones is 2. The fourth-order valence-electron chi connectivity index (χ4n) is 1.36. The van der Waals surface area contributed by atoms with Crippen LogP contribution in [0.1, 0.15) is 27.7 Å². The number of hydrogen-bond acceptors (Lipinski definition) is 7. The largest absolute Gasteiger partial charge is 0.433 e. The molecule has 0 rings (SSSR count). The summed E-state index contributed by atoms with van der Waals surface area (Å²) in [5, 5.41) is 28.6. The molecule has 0 saturated carbocycles. The number of ether oxygens (including phenoxy) is 2. The van der Waals surface area contributed by atoms with Gasteiger partial charge in [-0.3, -0.25) is 9.59 Å². The second-order valence-electron chi connectivity index (χ2n) is 4.26. The first-order valence-corrected chi connectivity index (χ1v) is 5.87. The standard InChI is InChI=1S/C13H20O7/c1-8(15)5-10(3)19-13(18,12(17)7-14)20-11(4)6-9(2)16/h5-6,12,14,17-18H,7H2,1-4H3/b10-5+,11-6+. The number of allylic oxidation sites excluding steroid dienone is 4. The van der Waals surface area contributed by atoms with Crippen molar-refractivity contribution in [3.05, 3.63) is 23.7 Å². The molecule has 0 aliphatic rings.